The minimum Gasteiger partial charge on any atom is -0.497 e. The molecule has 0 aliphatic carbocycles. The number of anilines is 2. The summed E-state index contributed by atoms with van der Waals surface area (Å²) in [5.74, 6) is 1.41. The molecule has 0 spiro atoms. The minimum absolute atomic E-state index is 0.257. The number of nitrogens with zero attached hydrogens (tertiary/aromatic N) is 4. The van der Waals surface area contributed by atoms with Crippen LogP contribution in [-0.4, -0.2) is 40.3 Å². The second-order valence-electron chi connectivity index (χ2n) is 7.39. The molecule has 1 amide bonds. The lowest BCUT2D eigenvalue weighted by atomic mass is 9.94. The van der Waals surface area contributed by atoms with E-state index in [-0.39, 0.29) is 5.91 Å². The summed E-state index contributed by atoms with van der Waals surface area (Å²) < 4.78 is 12.6. The van der Waals surface area contributed by atoms with Gasteiger partial charge in [-0.1, -0.05) is 22.8 Å². The van der Waals surface area contributed by atoms with Crippen molar-refractivity contribution in [1.82, 2.24) is 20.2 Å². The number of tetrazole rings is 1. The Bertz CT molecular complexity index is 1180. The van der Waals surface area contributed by atoms with Gasteiger partial charge in [0.2, 0.25) is 5.95 Å². The molecule has 0 fully saturated rings. The lowest BCUT2D eigenvalue weighted by Crippen LogP contribution is -2.32. The highest BCUT2D eigenvalue weighted by atomic mass is 16.5. The lowest BCUT2D eigenvalue weighted by Gasteiger charge is -2.29. The fourth-order valence-corrected chi connectivity index (χ4v) is 3.79. The minimum atomic E-state index is -0.609. The van der Waals surface area contributed by atoms with Crippen molar-refractivity contribution in [3.63, 3.8) is 0 Å². The summed E-state index contributed by atoms with van der Waals surface area (Å²) >= 11 is 0. The molecule has 9 heteroatoms. The van der Waals surface area contributed by atoms with Crippen molar-refractivity contribution < 1.29 is 14.3 Å². The second kappa shape index (κ2) is 8.10. The highest BCUT2D eigenvalue weighted by Crippen LogP contribution is 2.40. The Hall–Kier alpha value is -3.88. The number of fused-ring (bicyclic) bond motifs is 1. The number of rotatable bonds is 5. The smallest absolute Gasteiger partial charge is 0.255 e. The molecule has 31 heavy (non-hydrogen) atoms. The molecular weight excluding hydrogens is 396 g/mol. The van der Waals surface area contributed by atoms with Crippen LogP contribution in [0.1, 0.15) is 29.7 Å². The molecule has 0 radical (unpaired) electrons. The number of benzene rings is 2. The number of amides is 1. The summed E-state index contributed by atoms with van der Waals surface area (Å²) in [5, 5.41) is 18.1. The van der Waals surface area contributed by atoms with Gasteiger partial charge in [-0.05, 0) is 61.0 Å². The van der Waals surface area contributed by atoms with Gasteiger partial charge >= 0.3 is 0 Å². The number of methoxy groups -OCH3 is 2. The molecule has 1 aliphatic rings. The number of carbonyl (C=O) groups is 1. The van der Waals surface area contributed by atoms with Crippen LogP contribution < -0.4 is 20.1 Å². The number of ether oxygens (including phenoxy) is 2. The summed E-state index contributed by atoms with van der Waals surface area (Å²) in [6.45, 7) is 5.81. The van der Waals surface area contributed by atoms with E-state index in [4.69, 9.17) is 9.47 Å². The van der Waals surface area contributed by atoms with Crippen LogP contribution in [0, 0.1) is 13.8 Å². The van der Waals surface area contributed by atoms with E-state index >= 15 is 0 Å². The van der Waals surface area contributed by atoms with Crippen LogP contribution in [0.2, 0.25) is 0 Å². The lowest BCUT2D eigenvalue weighted by molar-refractivity contribution is -0.113. The molecule has 9 nitrogen and oxygen atoms in total. The van der Waals surface area contributed by atoms with Crippen LogP contribution in [0.3, 0.4) is 0 Å². The fourth-order valence-electron chi connectivity index (χ4n) is 3.79. The molecule has 1 aromatic heterocycles. The van der Waals surface area contributed by atoms with Crippen LogP contribution in [-0.2, 0) is 4.79 Å². The number of carbonyl (C=O) groups excluding carboxylic acids is 1. The predicted molar refractivity (Wildman–Crippen MR) is 116 cm³/mol. The van der Waals surface area contributed by atoms with Gasteiger partial charge in [-0.2, -0.15) is 4.68 Å². The van der Waals surface area contributed by atoms with E-state index in [1.807, 2.05) is 45.0 Å². The summed E-state index contributed by atoms with van der Waals surface area (Å²) in [6.07, 6.45) is 0. The fraction of sp³-hybridized carbons (Fsp3) is 0.273. The number of aryl methyl sites for hydroxylation is 2. The molecule has 0 saturated carbocycles. The number of hydrogen-bond acceptors (Lipinski definition) is 7. The van der Waals surface area contributed by atoms with Gasteiger partial charge in [-0.3, -0.25) is 4.79 Å². The van der Waals surface area contributed by atoms with E-state index in [0.717, 1.165) is 16.8 Å². The van der Waals surface area contributed by atoms with Crippen molar-refractivity contribution in [2.75, 3.05) is 24.9 Å². The molecule has 1 atom stereocenters. The van der Waals surface area contributed by atoms with Crippen LogP contribution in [0.15, 0.2) is 47.7 Å². The number of aromatic nitrogens is 4. The monoisotopic (exact) mass is 420 g/mol. The van der Waals surface area contributed by atoms with Gasteiger partial charge in [0.25, 0.3) is 5.91 Å². The maximum atomic E-state index is 13.5. The van der Waals surface area contributed by atoms with E-state index in [1.165, 1.54) is 0 Å². The average Bonchev–Trinajstić information content (AvgIpc) is 3.22. The molecule has 160 valence electrons. The standard InChI is InChI=1S/C22H24N6O3/c1-12-6-8-17(13(2)10-12)24-21(29)19-14(3)23-22-25-26-27-28(22)20(19)16-11-15(30-4)7-9-18(16)31-5/h6-11,20H,1-5H3,(H,24,29)(H,23,25,27). The number of nitrogens with one attached hydrogen (secondary N) is 2. The van der Waals surface area contributed by atoms with E-state index in [2.05, 4.69) is 26.2 Å². The zero-order valence-electron chi connectivity index (χ0n) is 18.1. The molecule has 0 saturated heterocycles. The van der Waals surface area contributed by atoms with Gasteiger partial charge in [0.1, 0.15) is 17.5 Å². The number of hydrogen-bond donors (Lipinski definition) is 2. The number of allylic oxidation sites excluding steroid dienone is 1. The largest absolute Gasteiger partial charge is 0.497 e. The first-order valence-electron chi connectivity index (χ1n) is 9.79. The molecule has 2 aromatic carbocycles. The second-order valence-corrected chi connectivity index (χ2v) is 7.39. The Labute approximate surface area is 180 Å². The van der Waals surface area contributed by atoms with Crippen molar-refractivity contribution in [1.29, 1.82) is 0 Å². The Morgan fingerprint density at radius 3 is 2.61 bits per heavy atom. The maximum absolute atomic E-state index is 13.5. The van der Waals surface area contributed by atoms with Gasteiger partial charge in [-0.25, -0.2) is 0 Å². The van der Waals surface area contributed by atoms with Crippen molar-refractivity contribution in [2.24, 2.45) is 0 Å². The van der Waals surface area contributed by atoms with E-state index in [1.54, 1.807) is 31.0 Å². The Balaban J connectivity index is 1.83. The molecule has 1 aliphatic heterocycles. The van der Waals surface area contributed by atoms with E-state index in [0.29, 0.717) is 34.3 Å². The summed E-state index contributed by atoms with van der Waals surface area (Å²) in [6, 6.07) is 10.7. The Morgan fingerprint density at radius 2 is 1.90 bits per heavy atom. The van der Waals surface area contributed by atoms with Crippen LogP contribution in [0.25, 0.3) is 0 Å². The van der Waals surface area contributed by atoms with Crippen molar-refractivity contribution in [3.8, 4) is 11.5 Å². The quantitative estimate of drug-likeness (QED) is 0.653. The first-order valence-corrected chi connectivity index (χ1v) is 9.79. The van der Waals surface area contributed by atoms with Crippen LogP contribution >= 0.6 is 0 Å². The first-order chi connectivity index (χ1) is 14.9. The van der Waals surface area contributed by atoms with Gasteiger partial charge in [0, 0.05) is 16.9 Å². The van der Waals surface area contributed by atoms with Gasteiger partial charge in [-0.15, -0.1) is 0 Å². The summed E-state index contributed by atoms with van der Waals surface area (Å²) in [4.78, 5) is 13.5. The summed E-state index contributed by atoms with van der Waals surface area (Å²) in [5.41, 5.74) is 4.69. The topological polar surface area (TPSA) is 103 Å². The van der Waals surface area contributed by atoms with Crippen LogP contribution in [0.5, 0.6) is 11.5 Å². The normalized spacial score (nSPS) is 15.2. The highest BCUT2D eigenvalue weighted by molar-refractivity contribution is 6.06. The molecule has 1 unspecified atom stereocenters. The Morgan fingerprint density at radius 1 is 1.10 bits per heavy atom. The third-order valence-corrected chi connectivity index (χ3v) is 5.32. The van der Waals surface area contributed by atoms with E-state index < -0.39 is 6.04 Å². The molecule has 4 rings (SSSR count). The van der Waals surface area contributed by atoms with Crippen molar-refractivity contribution >= 4 is 17.5 Å². The van der Waals surface area contributed by atoms with E-state index in [9.17, 15) is 4.79 Å². The van der Waals surface area contributed by atoms with Crippen LogP contribution in [0.4, 0.5) is 11.6 Å². The third kappa shape index (κ3) is 3.70. The zero-order valence-corrected chi connectivity index (χ0v) is 18.1. The molecule has 0 bridgehead atoms. The zero-order chi connectivity index (χ0) is 22.1. The molecule has 2 N–H and O–H groups in total. The van der Waals surface area contributed by atoms with Crippen molar-refractivity contribution in [3.05, 3.63) is 64.4 Å². The summed E-state index contributed by atoms with van der Waals surface area (Å²) in [7, 11) is 3.17. The molecule has 2 heterocycles. The third-order valence-electron chi connectivity index (χ3n) is 5.32. The van der Waals surface area contributed by atoms with Gasteiger partial charge in [0.15, 0.2) is 0 Å². The Kier molecular flexibility index (Phi) is 5.33. The van der Waals surface area contributed by atoms with Crippen molar-refractivity contribution in [2.45, 2.75) is 26.8 Å². The average molecular weight is 420 g/mol. The first kappa shape index (κ1) is 20.4. The SMILES string of the molecule is COc1ccc(OC)c(C2C(C(=O)Nc3ccc(C)cc3C)=C(C)Nc3nnnn32)c1. The highest BCUT2D eigenvalue weighted by Gasteiger charge is 2.36. The molecular formula is C22H24N6O3. The molecule has 3 aromatic rings. The predicted octanol–water partition coefficient (Wildman–Crippen LogP) is 3.23. The van der Waals surface area contributed by atoms with Gasteiger partial charge in [0.05, 0.1) is 19.8 Å². The van der Waals surface area contributed by atoms with Gasteiger partial charge < -0.3 is 20.1 Å². The maximum Gasteiger partial charge on any atom is 0.255 e.